The first-order chi connectivity index (χ1) is 10.9. The van der Waals surface area contributed by atoms with Crippen molar-refractivity contribution in [2.45, 2.75) is 32.9 Å². The fourth-order valence-electron chi connectivity index (χ4n) is 2.80. The second-order valence-electron chi connectivity index (χ2n) is 6.96. The third-order valence-corrected chi connectivity index (χ3v) is 3.95. The Morgan fingerprint density at radius 1 is 1.30 bits per heavy atom. The van der Waals surface area contributed by atoms with Crippen LogP contribution in [0.25, 0.3) is 11.0 Å². The Bertz CT molecular complexity index is 681. The van der Waals surface area contributed by atoms with Crippen LogP contribution in [0, 0.1) is 0 Å². The van der Waals surface area contributed by atoms with E-state index in [0.29, 0.717) is 13.1 Å². The van der Waals surface area contributed by atoms with Crippen molar-refractivity contribution in [3.05, 3.63) is 30.1 Å². The molecule has 23 heavy (non-hydrogen) atoms. The normalized spacial score (nSPS) is 16.7. The summed E-state index contributed by atoms with van der Waals surface area (Å²) >= 11 is 0. The third kappa shape index (κ3) is 3.82. The monoisotopic (exact) mass is 316 g/mol. The molecular weight excluding hydrogens is 292 g/mol. The predicted molar refractivity (Wildman–Crippen MR) is 89.2 cm³/mol. The van der Waals surface area contributed by atoms with Crippen molar-refractivity contribution in [3.63, 3.8) is 0 Å². The largest absolute Gasteiger partial charge is 0.444 e. The maximum absolute atomic E-state index is 12.1. The van der Waals surface area contributed by atoms with E-state index in [2.05, 4.69) is 20.9 Å². The molecule has 124 valence electrons. The molecule has 0 aliphatic carbocycles. The Morgan fingerprint density at radius 2 is 2.04 bits per heavy atom. The quantitative estimate of drug-likeness (QED) is 0.925. The van der Waals surface area contributed by atoms with Crippen LogP contribution in [0.1, 0.15) is 26.3 Å². The smallest absolute Gasteiger partial charge is 0.410 e. The van der Waals surface area contributed by atoms with Crippen molar-refractivity contribution in [2.75, 3.05) is 26.2 Å². The average molecular weight is 316 g/mol. The molecule has 1 amide bonds. The van der Waals surface area contributed by atoms with Crippen LogP contribution in [-0.2, 0) is 11.3 Å². The van der Waals surface area contributed by atoms with Gasteiger partial charge < -0.3 is 14.6 Å². The first-order valence-corrected chi connectivity index (χ1v) is 8.04. The lowest BCUT2D eigenvalue weighted by Gasteiger charge is -2.35. The van der Waals surface area contributed by atoms with Crippen molar-refractivity contribution < 1.29 is 9.53 Å². The van der Waals surface area contributed by atoms with Gasteiger partial charge in [-0.25, -0.2) is 9.78 Å². The molecule has 6 nitrogen and oxygen atoms in total. The summed E-state index contributed by atoms with van der Waals surface area (Å²) in [5.74, 6) is 0. The van der Waals surface area contributed by atoms with E-state index in [1.165, 1.54) is 10.9 Å². The lowest BCUT2D eigenvalue weighted by Crippen LogP contribution is -2.49. The van der Waals surface area contributed by atoms with Gasteiger partial charge in [-0.3, -0.25) is 4.90 Å². The fourth-order valence-corrected chi connectivity index (χ4v) is 2.80. The van der Waals surface area contributed by atoms with E-state index < -0.39 is 5.60 Å². The number of carbonyl (C=O) groups excluding carboxylic acids is 1. The summed E-state index contributed by atoms with van der Waals surface area (Å²) < 4.78 is 5.43. The van der Waals surface area contributed by atoms with Gasteiger partial charge in [0.1, 0.15) is 11.2 Å². The average Bonchev–Trinajstić information content (AvgIpc) is 2.90. The molecule has 0 radical (unpaired) electrons. The summed E-state index contributed by atoms with van der Waals surface area (Å²) in [6.07, 6.45) is 3.61. The van der Waals surface area contributed by atoms with Crippen LogP contribution in [0.5, 0.6) is 0 Å². The maximum atomic E-state index is 12.1. The number of aromatic nitrogens is 2. The number of hydrogen-bond donors (Lipinski definition) is 1. The molecule has 0 spiro atoms. The summed E-state index contributed by atoms with van der Waals surface area (Å²) in [6, 6.07) is 4.05. The molecule has 0 atom stereocenters. The van der Waals surface area contributed by atoms with E-state index in [0.717, 1.165) is 25.3 Å². The van der Waals surface area contributed by atoms with Gasteiger partial charge in [-0.1, -0.05) is 0 Å². The van der Waals surface area contributed by atoms with E-state index in [1.807, 2.05) is 33.0 Å². The van der Waals surface area contributed by atoms with Crippen LogP contribution in [0.3, 0.4) is 0 Å². The van der Waals surface area contributed by atoms with Crippen molar-refractivity contribution in [2.24, 2.45) is 0 Å². The number of aromatic amines is 1. The summed E-state index contributed by atoms with van der Waals surface area (Å²) in [6.45, 7) is 9.67. The number of ether oxygens (including phenoxy) is 1. The first kappa shape index (κ1) is 15.8. The number of fused-ring (bicyclic) bond motifs is 1. The van der Waals surface area contributed by atoms with Crippen LogP contribution in [0.15, 0.2) is 24.5 Å². The summed E-state index contributed by atoms with van der Waals surface area (Å²) in [7, 11) is 0. The molecule has 0 bridgehead atoms. The zero-order valence-electron chi connectivity index (χ0n) is 14.0. The zero-order valence-corrected chi connectivity index (χ0v) is 14.0. The molecule has 1 aliphatic rings. The summed E-state index contributed by atoms with van der Waals surface area (Å²) in [5.41, 5.74) is 1.74. The highest BCUT2D eigenvalue weighted by atomic mass is 16.6. The van der Waals surface area contributed by atoms with E-state index in [1.54, 1.807) is 11.1 Å². The minimum absolute atomic E-state index is 0.214. The van der Waals surface area contributed by atoms with Crippen molar-refractivity contribution >= 4 is 17.1 Å². The minimum Gasteiger partial charge on any atom is -0.444 e. The number of carbonyl (C=O) groups is 1. The molecule has 3 rings (SSSR count). The Morgan fingerprint density at radius 3 is 2.74 bits per heavy atom. The topological polar surface area (TPSA) is 61.5 Å². The second kappa shape index (κ2) is 6.20. The van der Waals surface area contributed by atoms with Crippen LogP contribution in [0.4, 0.5) is 4.79 Å². The number of piperazine rings is 1. The molecule has 1 N–H and O–H groups in total. The molecule has 0 saturated carbocycles. The fraction of sp³-hybridized carbons (Fsp3) is 0.529. The summed E-state index contributed by atoms with van der Waals surface area (Å²) in [5, 5.41) is 1.17. The molecule has 0 unspecified atom stereocenters. The van der Waals surface area contributed by atoms with Gasteiger partial charge in [0.25, 0.3) is 0 Å². The van der Waals surface area contributed by atoms with E-state index >= 15 is 0 Å². The van der Waals surface area contributed by atoms with Crippen molar-refractivity contribution in [1.82, 2.24) is 19.8 Å². The third-order valence-electron chi connectivity index (χ3n) is 3.95. The minimum atomic E-state index is -0.439. The highest BCUT2D eigenvalue weighted by Crippen LogP contribution is 2.19. The van der Waals surface area contributed by atoms with Gasteiger partial charge >= 0.3 is 6.09 Å². The summed E-state index contributed by atoms with van der Waals surface area (Å²) in [4.78, 5) is 23.8. The second-order valence-corrected chi connectivity index (χ2v) is 6.96. The van der Waals surface area contributed by atoms with Gasteiger partial charge in [0, 0.05) is 50.5 Å². The number of nitrogens with zero attached hydrogens (tertiary/aromatic N) is 3. The number of amides is 1. The van der Waals surface area contributed by atoms with Crippen LogP contribution in [-0.4, -0.2) is 57.6 Å². The van der Waals surface area contributed by atoms with Gasteiger partial charge in [0.15, 0.2) is 0 Å². The number of nitrogens with one attached hydrogen (secondary N) is 1. The zero-order chi connectivity index (χ0) is 16.4. The standard InChI is InChI=1S/C17H24N4O2/c1-17(2,3)23-16(22)21-9-7-20(8-10-21)12-13-11-19-15-14(13)5-4-6-18-15/h4-6,11H,7-10,12H2,1-3H3,(H,18,19). The lowest BCUT2D eigenvalue weighted by molar-refractivity contribution is 0.0139. The van der Waals surface area contributed by atoms with Crippen LogP contribution in [0.2, 0.25) is 0 Å². The van der Waals surface area contributed by atoms with Gasteiger partial charge in [-0.15, -0.1) is 0 Å². The maximum Gasteiger partial charge on any atom is 0.410 e. The number of H-pyrrole nitrogens is 1. The first-order valence-electron chi connectivity index (χ1n) is 8.04. The molecule has 1 fully saturated rings. The Kier molecular flexibility index (Phi) is 4.26. The Hall–Kier alpha value is -2.08. The van der Waals surface area contributed by atoms with Crippen molar-refractivity contribution in [3.8, 4) is 0 Å². The SMILES string of the molecule is CC(C)(C)OC(=O)N1CCN(Cc2c[nH]c3ncccc23)CC1. The highest BCUT2D eigenvalue weighted by Gasteiger charge is 2.26. The molecule has 2 aromatic heterocycles. The number of pyridine rings is 1. The molecule has 1 aliphatic heterocycles. The number of hydrogen-bond acceptors (Lipinski definition) is 4. The van der Waals surface area contributed by atoms with Crippen LogP contribution < -0.4 is 0 Å². The van der Waals surface area contributed by atoms with Crippen molar-refractivity contribution in [1.29, 1.82) is 0 Å². The number of rotatable bonds is 2. The van der Waals surface area contributed by atoms with Gasteiger partial charge in [-0.05, 0) is 38.5 Å². The highest BCUT2D eigenvalue weighted by molar-refractivity contribution is 5.79. The molecule has 1 saturated heterocycles. The van der Waals surface area contributed by atoms with E-state index in [4.69, 9.17) is 4.74 Å². The van der Waals surface area contributed by atoms with Crippen LogP contribution >= 0.6 is 0 Å². The van der Waals surface area contributed by atoms with E-state index in [9.17, 15) is 4.79 Å². The van der Waals surface area contributed by atoms with Gasteiger partial charge in [-0.2, -0.15) is 0 Å². The van der Waals surface area contributed by atoms with E-state index in [-0.39, 0.29) is 6.09 Å². The molecule has 6 heteroatoms. The molecule has 0 aromatic carbocycles. The Balaban J connectivity index is 1.56. The van der Waals surface area contributed by atoms with Gasteiger partial charge in [0.2, 0.25) is 0 Å². The predicted octanol–water partition coefficient (Wildman–Crippen LogP) is 2.62. The van der Waals surface area contributed by atoms with Gasteiger partial charge in [0.05, 0.1) is 0 Å². The molecular formula is C17H24N4O2. The Labute approximate surface area is 136 Å². The lowest BCUT2D eigenvalue weighted by atomic mass is 10.2. The molecule has 3 heterocycles. The molecule has 2 aromatic rings.